The molecule has 1 aliphatic rings. The summed E-state index contributed by atoms with van der Waals surface area (Å²) in [5, 5.41) is 2.72. The van der Waals surface area contributed by atoms with E-state index in [-0.39, 0.29) is 12.5 Å². The fraction of sp³-hybridized carbons (Fsp3) is 0.350. The lowest BCUT2D eigenvalue weighted by Gasteiger charge is -2.24. The minimum Gasteiger partial charge on any atom is -0.475 e. The Morgan fingerprint density at radius 3 is 2.86 bits per heavy atom. The first-order chi connectivity index (χ1) is 13.5. The van der Waals surface area contributed by atoms with Crippen LogP contribution in [0.1, 0.15) is 41.0 Å². The second-order valence-electron chi connectivity index (χ2n) is 7.01. The number of hydrogen-bond acceptors (Lipinski definition) is 4. The van der Waals surface area contributed by atoms with E-state index in [1.807, 2.05) is 0 Å². The number of ether oxygens (including phenoxy) is 1. The van der Waals surface area contributed by atoms with Crippen LogP contribution in [0.4, 0.5) is 8.78 Å². The Kier molecular flexibility index (Phi) is 4.93. The summed E-state index contributed by atoms with van der Waals surface area (Å²) < 4.78 is 33.8. The fourth-order valence-electron chi connectivity index (χ4n) is 3.21. The van der Waals surface area contributed by atoms with Gasteiger partial charge in [-0.25, -0.2) is 18.7 Å². The Balaban J connectivity index is 1.52. The minimum absolute atomic E-state index is 0.0683. The number of benzene rings is 1. The van der Waals surface area contributed by atoms with Gasteiger partial charge in [-0.15, -0.1) is 0 Å². The zero-order valence-electron chi connectivity index (χ0n) is 15.4. The Morgan fingerprint density at radius 2 is 2.14 bits per heavy atom. The van der Waals surface area contributed by atoms with Crippen molar-refractivity contribution in [1.29, 1.82) is 0 Å². The number of imidazole rings is 1. The molecule has 4 rings (SSSR count). The maximum atomic E-state index is 13.3. The van der Waals surface area contributed by atoms with Gasteiger partial charge in [0, 0.05) is 18.9 Å². The predicted molar refractivity (Wildman–Crippen MR) is 98.1 cm³/mol. The lowest BCUT2D eigenvalue weighted by Crippen LogP contribution is -2.25. The van der Waals surface area contributed by atoms with Gasteiger partial charge in [0.25, 0.3) is 11.8 Å². The molecule has 0 bridgehead atoms. The molecule has 1 N–H and O–H groups in total. The van der Waals surface area contributed by atoms with Gasteiger partial charge in [-0.05, 0) is 43.4 Å². The van der Waals surface area contributed by atoms with E-state index < -0.39 is 11.6 Å². The molecule has 0 unspecified atom stereocenters. The Labute approximate surface area is 160 Å². The molecule has 3 aromatic rings. The summed E-state index contributed by atoms with van der Waals surface area (Å²) >= 11 is 0. The predicted octanol–water partition coefficient (Wildman–Crippen LogP) is 3.42. The first kappa shape index (κ1) is 18.3. The molecule has 0 spiro atoms. The van der Waals surface area contributed by atoms with Crippen molar-refractivity contribution < 1.29 is 18.3 Å². The third-order valence-electron chi connectivity index (χ3n) is 5.02. The van der Waals surface area contributed by atoms with Crippen molar-refractivity contribution in [2.45, 2.75) is 32.7 Å². The number of aromatic nitrogens is 3. The van der Waals surface area contributed by atoms with Gasteiger partial charge in [-0.1, -0.05) is 12.5 Å². The van der Waals surface area contributed by atoms with Crippen LogP contribution in [-0.4, -0.2) is 26.9 Å². The summed E-state index contributed by atoms with van der Waals surface area (Å²) in [6.45, 7) is 2.39. The molecule has 0 atom stereocenters. The number of carbonyl (C=O) groups is 1. The summed E-state index contributed by atoms with van der Waals surface area (Å²) in [6.07, 6.45) is 6.77. The highest BCUT2D eigenvalue weighted by molar-refractivity contribution is 5.94. The van der Waals surface area contributed by atoms with Crippen LogP contribution in [0.5, 0.6) is 5.88 Å². The number of rotatable bonds is 6. The summed E-state index contributed by atoms with van der Waals surface area (Å²) in [6, 6.07) is 3.53. The van der Waals surface area contributed by atoms with Gasteiger partial charge in [0.2, 0.25) is 5.65 Å². The van der Waals surface area contributed by atoms with Crippen molar-refractivity contribution in [3.8, 4) is 5.88 Å². The van der Waals surface area contributed by atoms with E-state index in [9.17, 15) is 13.6 Å². The zero-order valence-corrected chi connectivity index (χ0v) is 15.4. The molecular formula is C20H20F2N4O2. The molecule has 0 aliphatic heterocycles. The largest absolute Gasteiger partial charge is 0.475 e. The highest BCUT2D eigenvalue weighted by atomic mass is 19.2. The van der Waals surface area contributed by atoms with Crippen LogP contribution in [0, 0.1) is 24.5 Å². The molecule has 1 saturated carbocycles. The highest BCUT2D eigenvalue weighted by Gasteiger charge is 2.22. The van der Waals surface area contributed by atoms with Crippen molar-refractivity contribution in [1.82, 2.24) is 19.7 Å². The monoisotopic (exact) mass is 386 g/mol. The number of nitrogens with one attached hydrogen (secondary N) is 1. The Bertz CT molecular complexity index is 1030. The van der Waals surface area contributed by atoms with Crippen LogP contribution in [-0.2, 0) is 6.54 Å². The third-order valence-corrected chi connectivity index (χ3v) is 5.02. The number of aryl methyl sites for hydroxylation is 1. The van der Waals surface area contributed by atoms with Gasteiger partial charge in [0.15, 0.2) is 11.6 Å². The second kappa shape index (κ2) is 7.53. The molecule has 0 saturated heterocycles. The standard InChI is InChI=1S/C20H20F2N4O2/c1-12-17(19(27)24-10-14-5-6-15(21)16(22)9-14)26-8-7-23-20(18(26)25-12)28-11-13-3-2-4-13/h5-9,13H,2-4,10-11H2,1H3,(H,24,27). The molecule has 8 heteroatoms. The Hall–Kier alpha value is -3.03. The van der Waals surface area contributed by atoms with E-state index in [4.69, 9.17) is 4.74 Å². The van der Waals surface area contributed by atoms with Crippen LogP contribution in [0.15, 0.2) is 30.6 Å². The van der Waals surface area contributed by atoms with E-state index >= 15 is 0 Å². The van der Waals surface area contributed by atoms with Crippen molar-refractivity contribution in [2.24, 2.45) is 5.92 Å². The number of hydrogen-bond donors (Lipinski definition) is 1. The second-order valence-corrected chi connectivity index (χ2v) is 7.01. The van der Waals surface area contributed by atoms with Crippen LogP contribution < -0.4 is 10.1 Å². The van der Waals surface area contributed by atoms with E-state index in [0.29, 0.717) is 41.0 Å². The van der Waals surface area contributed by atoms with Gasteiger partial charge in [0.05, 0.1) is 12.3 Å². The van der Waals surface area contributed by atoms with Crippen LogP contribution in [0.3, 0.4) is 0 Å². The average Bonchev–Trinajstić information content (AvgIpc) is 2.98. The molecule has 6 nitrogen and oxygen atoms in total. The average molecular weight is 386 g/mol. The van der Waals surface area contributed by atoms with Gasteiger partial charge in [0.1, 0.15) is 5.69 Å². The maximum Gasteiger partial charge on any atom is 0.270 e. The topological polar surface area (TPSA) is 68.5 Å². The molecule has 146 valence electrons. The van der Waals surface area contributed by atoms with E-state index in [1.165, 1.54) is 12.5 Å². The smallest absolute Gasteiger partial charge is 0.270 e. The zero-order chi connectivity index (χ0) is 19.7. The molecule has 28 heavy (non-hydrogen) atoms. The SMILES string of the molecule is Cc1nc2c(OCC3CCC3)nccn2c1C(=O)NCc1ccc(F)c(F)c1. The van der Waals surface area contributed by atoms with Gasteiger partial charge in [-0.3, -0.25) is 9.20 Å². The van der Waals surface area contributed by atoms with E-state index in [2.05, 4.69) is 15.3 Å². The highest BCUT2D eigenvalue weighted by Crippen LogP contribution is 2.28. The van der Waals surface area contributed by atoms with Crippen molar-refractivity contribution >= 4 is 11.6 Å². The number of amides is 1. The summed E-state index contributed by atoms with van der Waals surface area (Å²) in [4.78, 5) is 21.4. The van der Waals surface area contributed by atoms with Crippen molar-refractivity contribution in [3.63, 3.8) is 0 Å². The molecule has 1 aromatic carbocycles. The van der Waals surface area contributed by atoms with Crippen molar-refractivity contribution in [3.05, 3.63) is 59.2 Å². The molecule has 1 amide bonds. The van der Waals surface area contributed by atoms with Crippen molar-refractivity contribution in [2.75, 3.05) is 6.61 Å². The van der Waals surface area contributed by atoms with E-state index in [1.54, 1.807) is 23.7 Å². The molecular weight excluding hydrogens is 366 g/mol. The molecule has 2 aromatic heterocycles. The minimum atomic E-state index is -0.947. The number of halogens is 2. The quantitative estimate of drug-likeness (QED) is 0.705. The lowest BCUT2D eigenvalue weighted by molar-refractivity contribution is 0.0944. The Morgan fingerprint density at radius 1 is 1.32 bits per heavy atom. The maximum absolute atomic E-state index is 13.3. The number of fused-ring (bicyclic) bond motifs is 1. The number of carbonyl (C=O) groups excluding carboxylic acids is 1. The van der Waals surface area contributed by atoms with Crippen LogP contribution >= 0.6 is 0 Å². The van der Waals surface area contributed by atoms with Gasteiger partial charge >= 0.3 is 0 Å². The molecule has 2 heterocycles. The fourth-order valence-corrected chi connectivity index (χ4v) is 3.21. The van der Waals surface area contributed by atoms with Crippen LogP contribution in [0.2, 0.25) is 0 Å². The molecule has 0 radical (unpaired) electrons. The van der Waals surface area contributed by atoms with E-state index in [0.717, 1.165) is 25.0 Å². The summed E-state index contributed by atoms with van der Waals surface area (Å²) in [5.74, 6) is -1.29. The van der Waals surface area contributed by atoms with Crippen LogP contribution in [0.25, 0.3) is 5.65 Å². The summed E-state index contributed by atoms with van der Waals surface area (Å²) in [7, 11) is 0. The lowest BCUT2D eigenvalue weighted by atomic mass is 9.86. The van der Waals surface area contributed by atoms with Gasteiger partial charge < -0.3 is 10.1 Å². The first-order valence-corrected chi connectivity index (χ1v) is 9.21. The third kappa shape index (κ3) is 3.54. The normalized spacial score (nSPS) is 14.1. The molecule has 1 fully saturated rings. The number of nitrogens with zero attached hydrogens (tertiary/aromatic N) is 3. The summed E-state index contributed by atoms with van der Waals surface area (Å²) in [5.41, 5.74) is 1.83. The van der Waals surface area contributed by atoms with Gasteiger partial charge in [-0.2, -0.15) is 0 Å². The molecule has 1 aliphatic carbocycles. The first-order valence-electron chi connectivity index (χ1n) is 9.21.